The van der Waals surface area contributed by atoms with Gasteiger partial charge in [0, 0.05) is 16.7 Å². The molecule has 0 aliphatic rings. The van der Waals surface area contributed by atoms with E-state index in [0.29, 0.717) is 32.3 Å². The number of rotatable bonds is 1. The van der Waals surface area contributed by atoms with E-state index in [4.69, 9.17) is 27.6 Å². The Morgan fingerprint density at radius 1 is 1.00 bits per heavy atom. The van der Waals surface area contributed by atoms with Crippen LogP contribution < -0.4 is 5.43 Å². The highest BCUT2D eigenvalue weighted by molar-refractivity contribution is 6.36. The van der Waals surface area contributed by atoms with E-state index in [9.17, 15) is 4.79 Å². The first-order chi connectivity index (χ1) is 9.54. The molecule has 3 rings (SSSR count). The number of halogens is 2. The van der Waals surface area contributed by atoms with E-state index in [0.717, 1.165) is 5.56 Å². The molecule has 0 unspecified atom stereocenters. The molecule has 2 nitrogen and oxygen atoms in total. The van der Waals surface area contributed by atoms with Gasteiger partial charge in [0.05, 0.1) is 10.4 Å². The van der Waals surface area contributed by atoms with Crippen LogP contribution in [0.1, 0.15) is 5.56 Å². The van der Waals surface area contributed by atoms with Crippen molar-refractivity contribution in [1.29, 1.82) is 0 Å². The van der Waals surface area contributed by atoms with Crippen LogP contribution in [0.15, 0.2) is 51.7 Å². The number of aryl methyl sites for hydroxylation is 1. The third kappa shape index (κ3) is 2.33. The standard InChI is InChI=1S/C16H10Cl2O2/c1-9-2-5-15-12(6-9)14(19)8-16(20-15)11-4-3-10(17)7-13(11)18/h2-8H,1H3. The summed E-state index contributed by atoms with van der Waals surface area (Å²) in [4.78, 5) is 12.2. The normalized spacial score (nSPS) is 10.9. The van der Waals surface area contributed by atoms with E-state index >= 15 is 0 Å². The summed E-state index contributed by atoms with van der Waals surface area (Å²) in [5.74, 6) is 0.438. The summed E-state index contributed by atoms with van der Waals surface area (Å²) in [6, 6.07) is 12.0. The molecule has 1 heterocycles. The molecule has 2 aromatic carbocycles. The third-order valence-corrected chi connectivity index (χ3v) is 3.63. The molecule has 4 heteroatoms. The molecule has 0 saturated heterocycles. The molecule has 0 aliphatic heterocycles. The second-order valence-electron chi connectivity index (χ2n) is 4.60. The molecule has 0 bridgehead atoms. The number of fused-ring (bicyclic) bond motifs is 1. The van der Waals surface area contributed by atoms with Crippen LogP contribution in [0.3, 0.4) is 0 Å². The van der Waals surface area contributed by atoms with Crippen molar-refractivity contribution in [3.05, 3.63) is 68.3 Å². The van der Waals surface area contributed by atoms with E-state index in [1.807, 2.05) is 19.1 Å². The molecule has 0 spiro atoms. The highest BCUT2D eigenvalue weighted by Gasteiger charge is 2.10. The Hall–Kier alpha value is -1.77. The summed E-state index contributed by atoms with van der Waals surface area (Å²) in [5, 5.41) is 1.56. The minimum Gasteiger partial charge on any atom is -0.456 e. The maximum Gasteiger partial charge on any atom is 0.193 e. The molecular weight excluding hydrogens is 295 g/mol. The molecule has 0 atom stereocenters. The van der Waals surface area contributed by atoms with Crippen molar-refractivity contribution in [3.8, 4) is 11.3 Å². The lowest BCUT2D eigenvalue weighted by molar-refractivity contribution is 0.619. The Morgan fingerprint density at radius 3 is 2.55 bits per heavy atom. The SMILES string of the molecule is Cc1ccc2oc(-c3ccc(Cl)cc3Cl)cc(=O)c2c1. The smallest absolute Gasteiger partial charge is 0.193 e. The molecular formula is C16H10Cl2O2. The fourth-order valence-corrected chi connectivity index (χ4v) is 2.59. The highest BCUT2D eigenvalue weighted by atomic mass is 35.5. The van der Waals surface area contributed by atoms with Crippen LogP contribution in [0.2, 0.25) is 10.0 Å². The molecule has 0 saturated carbocycles. The lowest BCUT2D eigenvalue weighted by Gasteiger charge is -2.06. The van der Waals surface area contributed by atoms with Crippen LogP contribution >= 0.6 is 23.2 Å². The maximum atomic E-state index is 12.2. The van der Waals surface area contributed by atoms with Gasteiger partial charge < -0.3 is 4.42 Å². The molecule has 0 amide bonds. The quantitative estimate of drug-likeness (QED) is 0.628. The van der Waals surface area contributed by atoms with Gasteiger partial charge in [0.2, 0.25) is 0 Å². The zero-order chi connectivity index (χ0) is 14.3. The Bertz CT molecular complexity index is 866. The highest BCUT2D eigenvalue weighted by Crippen LogP contribution is 2.31. The van der Waals surface area contributed by atoms with E-state index in [1.165, 1.54) is 6.07 Å². The lowest BCUT2D eigenvalue weighted by atomic mass is 10.1. The molecule has 1 aromatic heterocycles. The Labute approximate surface area is 125 Å². The van der Waals surface area contributed by atoms with Gasteiger partial charge in [-0.2, -0.15) is 0 Å². The molecule has 20 heavy (non-hydrogen) atoms. The summed E-state index contributed by atoms with van der Waals surface area (Å²) >= 11 is 12.0. The van der Waals surface area contributed by atoms with Crippen molar-refractivity contribution < 1.29 is 4.42 Å². The fourth-order valence-electron chi connectivity index (χ4n) is 2.09. The first-order valence-electron chi connectivity index (χ1n) is 6.04. The van der Waals surface area contributed by atoms with Crippen molar-refractivity contribution in [1.82, 2.24) is 0 Å². The monoisotopic (exact) mass is 304 g/mol. The van der Waals surface area contributed by atoms with Gasteiger partial charge in [0.15, 0.2) is 5.43 Å². The van der Waals surface area contributed by atoms with E-state index in [-0.39, 0.29) is 5.43 Å². The predicted octanol–water partition coefficient (Wildman–Crippen LogP) is 5.08. The molecule has 0 aliphatic carbocycles. The summed E-state index contributed by atoms with van der Waals surface area (Å²) in [6.45, 7) is 1.93. The fraction of sp³-hybridized carbons (Fsp3) is 0.0625. The minimum absolute atomic E-state index is 0.0871. The zero-order valence-corrected chi connectivity index (χ0v) is 12.1. The Morgan fingerprint density at radius 2 is 1.80 bits per heavy atom. The van der Waals surface area contributed by atoms with Crippen LogP contribution in [0, 0.1) is 6.92 Å². The van der Waals surface area contributed by atoms with Gasteiger partial charge in [-0.25, -0.2) is 0 Å². The second kappa shape index (κ2) is 4.97. The topological polar surface area (TPSA) is 30.2 Å². The van der Waals surface area contributed by atoms with Crippen LogP contribution in [-0.4, -0.2) is 0 Å². The van der Waals surface area contributed by atoms with Gasteiger partial charge >= 0.3 is 0 Å². The average Bonchev–Trinajstić information content (AvgIpc) is 2.39. The van der Waals surface area contributed by atoms with Crippen molar-refractivity contribution in [3.63, 3.8) is 0 Å². The number of hydrogen-bond acceptors (Lipinski definition) is 2. The molecule has 0 radical (unpaired) electrons. The van der Waals surface area contributed by atoms with E-state index in [1.54, 1.807) is 24.3 Å². The number of benzene rings is 2. The van der Waals surface area contributed by atoms with Gasteiger partial charge in [0.25, 0.3) is 0 Å². The van der Waals surface area contributed by atoms with Gasteiger partial charge in [0.1, 0.15) is 11.3 Å². The Kier molecular flexibility index (Phi) is 3.28. The van der Waals surface area contributed by atoms with E-state index in [2.05, 4.69) is 0 Å². The number of hydrogen-bond donors (Lipinski definition) is 0. The first kappa shape index (κ1) is 13.2. The summed E-state index contributed by atoms with van der Waals surface area (Å²) in [7, 11) is 0. The van der Waals surface area contributed by atoms with Crippen molar-refractivity contribution >= 4 is 34.2 Å². The first-order valence-corrected chi connectivity index (χ1v) is 6.80. The maximum absolute atomic E-state index is 12.2. The van der Waals surface area contributed by atoms with Gasteiger partial charge in [-0.3, -0.25) is 4.79 Å². The second-order valence-corrected chi connectivity index (χ2v) is 5.44. The van der Waals surface area contributed by atoms with Crippen molar-refractivity contribution in [2.45, 2.75) is 6.92 Å². The molecule has 0 fully saturated rings. The lowest BCUT2D eigenvalue weighted by Crippen LogP contribution is -2.00. The molecule has 0 N–H and O–H groups in total. The third-order valence-electron chi connectivity index (χ3n) is 3.08. The van der Waals surface area contributed by atoms with Gasteiger partial charge in [-0.05, 0) is 37.3 Å². The largest absolute Gasteiger partial charge is 0.456 e. The summed E-state index contributed by atoms with van der Waals surface area (Å²) < 4.78 is 5.78. The van der Waals surface area contributed by atoms with Crippen molar-refractivity contribution in [2.24, 2.45) is 0 Å². The van der Waals surface area contributed by atoms with Gasteiger partial charge in [-0.15, -0.1) is 0 Å². The van der Waals surface area contributed by atoms with Crippen LogP contribution in [0.4, 0.5) is 0 Å². The zero-order valence-electron chi connectivity index (χ0n) is 10.6. The molecule has 3 aromatic rings. The minimum atomic E-state index is -0.0871. The average molecular weight is 305 g/mol. The summed E-state index contributed by atoms with van der Waals surface area (Å²) in [5.41, 5.74) is 2.12. The van der Waals surface area contributed by atoms with E-state index < -0.39 is 0 Å². The summed E-state index contributed by atoms with van der Waals surface area (Å²) in [6.07, 6.45) is 0. The van der Waals surface area contributed by atoms with Crippen LogP contribution in [-0.2, 0) is 0 Å². The van der Waals surface area contributed by atoms with Crippen LogP contribution in [0.25, 0.3) is 22.3 Å². The van der Waals surface area contributed by atoms with Gasteiger partial charge in [-0.1, -0.05) is 34.8 Å². The Balaban J connectivity index is 2.27. The molecule has 100 valence electrons. The predicted molar refractivity (Wildman–Crippen MR) is 82.7 cm³/mol. The van der Waals surface area contributed by atoms with Crippen molar-refractivity contribution in [2.75, 3.05) is 0 Å². The van der Waals surface area contributed by atoms with Crippen LogP contribution in [0.5, 0.6) is 0 Å².